The van der Waals surface area contributed by atoms with Crippen molar-refractivity contribution in [2.24, 2.45) is 5.10 Å². The number of hydrogen-bond acceptors (Lipinski definition) is 5. The van der Waals surface area contributed by atoms with E-state index in [0.29, 0.717) is 22.0 Å². The Labute approximate surface area is 138 Å². The highest BCUT2D eigenvalue weighted by molar-refractivity contribution is 7.89. The highest BCUT2D eigenvalue weighted by atomic mass is 35.5. The summed E-state index contributed by atoms with van der Waals surface area (Å²) in [6, 6.07) is 5.42. The first-order valence-electron chi connectivity index (χ1n) is 7.41. The van der Waals surface area contributed by atoms with Crippen molar-refractivity contribution in [3.63, 3.8) is 0 Å². The summed E-state index contributed by atoms with van der Waals surface area (Å²) >= 11 is 5.93. The summed E-state index contributed by atoms with van der Waals surface area (Å²) in [5.74, 6) is 0. The molecule has 0 radical (unpaired) electrons. The summed E-state index contributed by atoms with van der Waals surface area (Å²) in [4.78, 5) is 3.13. The summed E-state index contributed by atoms with van der Waals surface area (Å²) in [6.45, 7) is 0. The molecule has 9 heteroatoms. The van der Waals surface area contributed by atoms with E-state index >= 15 is 0 Å². The zero-order chi connectivity index (χ0) is 16.0. The number of fused-ring (bicyclic) bond motifs is 1. The monoisotopic (exact) mass is 353 g/mol. The van der Waals surface area contributed by atoms with E-state index in [9.17, 15) is 8.42 Å². The Kier molecular flexibility index (Phi) is 3.56. The van der Waals surface area contributed by atoms with E-state index in [1.54, 1.807) is 29.5 Å². The van der Waals surface area contributed by atoms with Crippen molar-refractivity contribution in [3.8, 4) is 0 Å². The number of rotatable bonds is 4. The number of hydrogen-bond donors (Lipinski definition) is 3. The Morgan fingerprint density at radius 3 is 2.91 bits per heavy atom. The maximum atomic E-state index is 12.6. The number of nitrogens with one attached hydrogen (secondary N) is 3. The van der Waals surface area contributed by atoms with Crippen molar-refractivity contribution in [1.29, 1.82) is 0 Å². The lowest BCUT2D eigenvalue weighted by Gasteiger charge is -2.33. The van der Waals surface area contributed by atoms with Crippen molar-refractivity contribution in [2.75, 3.05) is 0 Å². The third kappa shape index (κ3) is 2.72. The van der Waals surface area contributed by atoms with Gasteiger partial charge in [-0.05, 0) is 37.5 Å². The Bertz CT molecular complexity index is 874. The lowest BCUT2D eigenvalue weighted by molar-refractivity contribution is 0.0820. The number of hydrazine groups is 1. The van der Waals surface area contributed by atoms with Gasteiger partial charge in [0.05, 0.1) is 12.3 Å². The van der Waals surface area contributed by atoms with E-state index in [2.05, 4.69) is 20.2 Å². The van der Waals surface area contributed by atoms with Gasteiger partial charge in [-0.15, -0.1) is 0 Å². The number of halogens is 1. The van der Waals surface area contributed by atoms with Gasteiger partial charge in [0.25, 0.3) is 0 Å². The first kappa shape index (κ1) is 14.9. The Balaban J connectivity index is 1.54. The number of nitrogens with zero attached hydrogens (tertiary/aromatic N) is 2. The molecule has 2 aromatic rings. The lowest BCUT2D eigenvalue weighted by Crippen LogP contribution is -2.51. The van der Waals surface area contributed by atoms with Crippen LogP contribution in [-0.4, -0.2) is 36.9 Å². The van der Waals surface area contributed by atoms with Crippen LogP contribution in [0.2, 0.25) is 5.02 Å². The van der Waals surface area contributed by atoms with E-state index in [1.807, 2.05) is 0 Å². The molecule has 2 aliphatic rings. The van der Waals surface area contributed by atoms with E-state index in [0.717, 1.165) is 12.8 Å². The first-order chi connectivity index (χ1) is 11.0. The van der Waals surface area contributed by atoms with Gasteiger partial charge in [0.15, 0.2) is 0 Å². The predicted molar refractivity (Wildman–Crippen MR) is 88.5 cm³/mol. The standard InChI is InChI=1S/C14H16ClN5O2S/c15-9-4-5-11-12(6-9)16-7-13(11)23(21,22)19-14-8-17-20(18-14)10-2-1-3-10/h4-8,10,14,16,18-19H,1-3H2. The lowest BCUT2D eigenvalue weighted by atomic mass is 9.94. The molecule has 1 aliphatic carbocycles. The molecule has 122 valence electrons. The van der Waals surface area contributed by atoms with Crippen LogP contribution < -0.4 is 10.1 Å². The largest absolute Gasteiger partial charge is 0.360 e. The van der Waals surface area contributed by atoms with Gasteiger partial charge >= 0.3 is 0 Å². The summed E-state index contributed by atoms with van der Waals surface area (Å²) in [7, 11) is -3.68. The molecular weight excluding hydrogens is 338 g/mol. The smallest absolute Gasteiger partial charge is 0.244 e. The zero-order valence-electron chi connectivity index (χ0n) is 12.2. The van der Waals surface area contributed by atoms with Crippen molar-refractivity contribution >= 4 is 38.7 Å². The molecule has 1 aromatic carbocycles. The van der Waals surface area contributed by atoms with Crippen molar-refractivity contribution in [1.82, 2.24) is 20.2 Å². The molecule has 1 aromatic heterocycles. The van der Waals surface area contributed by atoms with Crippen molar-refractivity contribution < 1.29 is 8.42 Å². The maximum Gasteiger partial charge on any atom is 0.244 e. The van der Waals surface area contributed by atoms with Gasteiger partial charge in [-0.3, -0.25) is 0 Å². The van der Waals surface area contributed by atoms with Gasteiger partial charge in [0.1, 0.15) is 11.1 Å². The molecule has 4 rings (SSSR count). The van der Waals surface area contributed by atoms with Crippen molar-refractivity contribution in [2.45, 2.75) is 36.4 Å². The number of hydrazone groups is 1. The molecule has 0 saturated heterocycles. The summed E-state index contributed by atoms with van der Waals surface area (Å²) in [5, 5.41) is 7.12. The fourth-order valence-corrected chi connectivity index (χ4v) is 4.19. The summed E-state index contributed by atoms with van der Waals surface area (Å²) < 4.78 is 27.9. The van der Waals surface area contributed by atoms with Crippen LogP contribution in [0.25, 0.3) is 10.9 Å². The van der Waals surface area contributed by atoms with Gasteiger partial charge in [-0.2, -0.15) is 15.2 Å². The summed E-state index contributed by atoms with van der Waals surface area (Å²) in [5.41, 5.74) is 3.74. The number of benzene rings is 1. The second-order valence-electron chi connectivity index (χ2n) is 5.76. The fraction of sp³-hybridized carbons (Fsp3) is 0.357. The van der Waals surface area contributed by atoms with Gasteiger partial charge < -0.3 is 4.98 Å². The Morgan fingerprint density at radius 1 is 1.35 bits per heavy atom. The Hall–Kier alpha value is -1.61. The minimum Gasteiger partial charge on any atom is -0.360 e. The number of H-pyrrole nitrogens is 1. The minimum atomic E-state index is -3.68. The van der Waals surface area contributed by atoms with Crippen LogP contribution in [0.5, 0.6) is 0 Å². The van der Waals surface area contributed by atoms with Gasteiger partial charge in [-0.25, -0.2) is 13.5 Å². The third-order valence-electron chi connectivity index (χ3n) is 4.21. The molecule has 1 atom stereocenters. The molecule has 23 heavy (non-hydrogen) atoms. The van der Waals surface area contributed by atoms with Gasteiger partial charge in [-0.1, -0.05) is 11.6 Å². The highest BCUT2D eigenvalue weighted by Crippen LogP contribution is 2.26. The Morgan fingerprint density at radius 2 is 2.17 bits per heavy atom. The number of aromatic nitrogens is 1. The van der Waals surface area contributed by atoms with E-state index in [4.69, 9.17) is 11.6 Å². The van der Waals surface area contributed by atoms with Crippen LogP contribution in [0.4, 0.5) is 0 Å². The van der Waals surface area contributed by atoms with Crippen LogP contribution in [0, 0.1) is 0 Å². The number of sulfonamides is 1. The molecule has 0 bridgehead atoms. The average molecular weight is 354 g/mol. The van der Waals surface area contributed by atoms with Crippen LogP contribution >= 0.6 is 11.6 Å². The van der Waals surface area contributed by atoms with Crippen LogP contribution in [0.15, 0.2) is 34.4 Å². The molecule has 3 N–H and O–H groups in total. The second-order valence-corrected chi connectivity index (χ2v) is 7.88. The molecular formula is C14H16ClN5O2S. The summed E-state index contributed by atoms with van der Waals surface area (Å²) in [6.07, 6.45) is 5.84. The molecule has 1 unspecified atom stereocenters. The third-order valence-corrected chi connectivity index (χ3v) is 5.93. The SMILES string of the molecule is O=S(=O)(NC1C=NN(C2CCC2)N1)c1c[nH]c2cc(Cl)ccc12. The number of aromatic amines is 1. The van der Waals surface area contributed by atoms with E-state index in [-0.39, 0.29) is 4.90 Å². The van der Waals surface area contributed by atoms with Gasteiger partial charge in [0, 0.05) is 22.1 Å². The molecule has 0 amide bonds. The first-order valence-corrected chi connectivity index (χ1v) is 9.27. The normalized spacial score (nSPS) is 22.0. The van der Waals surface area contributed by atoms with Gasteiger partial charge in [0.2, 0.25) is 10.0 Å². The molecule has 0 spiro atoms. The van der Waals surface area contributed by atoms with Crippen molar-refractivity contribution in [3.05, 3.63) is 29.4 Å². The molecule has 7 nitrogen and oxygen atoms in total. The maximum absolute atomic E-state index is 12.6. The van der Waals surface area contributed by atoms with Crippen LogP contribution in [0.3, 0.4) is 0 Å². The fourth-order valence-electron chi connectivity index (χ4n) is 2.76. The topological polar surface area (TPSA) is 89.6 Å². The molecule has 1 fully saturated rings. The molecule has 2 heterocycles. The van der Waals surface area contributed by atoms with E-state index < -0.39 is 16.2 Å². The van der Waals surface area contributed by atoms with Crippen LogP contribution in [-0.2, 0) is 10.0 Å². The predicted octanol–water partition coefficient (Wildman–Crippen LogP) is 1.78. The average Bonchev–Trinajstić information content (AvgIpc) is 3.03. The zero-order valence-corrected chi connectivity index (χ0v) is 13.7. The molecule has 1 saturated carbocycles. The highest BCUT2D eigenvalue weighted by Gasteiger charge is 2.31. The minimum absolute atomic E-state index is 0.196. The second kappa shape index (κ2) is 5.48. The quantitative estimate of drug-likeness (QED) is 0.781. The van der Waals surface area contributed by atoms with E-state index in [1.165, 1.54) is 12.6 Å². The van der Waals surface area contributed by atoms with Crippen LogP contribution in [0.1, 0.15) is 19.3 Å². The molecule has 1 aliphatic heterocycles.